The van der Waals surface area contributed by atoms with Crippen LogP contribution in [0.4, 0.5) is 4.39 Å². The van der Waals surface area contributed by atoms with Crippen molar-refractivity contribution in [1.29, 1.82) is 0 Å². The maximum atomic E-state index is 13.3. The molecule has 0 aliphatic rings. The molecule has 0 aliphatic heterocycles. The number of hydrogen-bond donors (Lipinski definition) is 0. The number of oxime groups is 1. The van der Waals surface area contributed by atoms with Gasteiger partial charge < -0.3 is 9.57 Å². The number of nitrogens with zero attached hydrogens (tertiary/aromatic N) is 1. The lowest BCUT2D eigenvalue weighted by Crippen LogP contribution is -1.95. The minimum absolute atomic E-state index is 0.245. The van der Waals surface area contributed by atoms with E-state index in [1.165, 1.54) is 18.2 Å². The van der Waals surface area contributed by atoms with E-state index in [0.717, 1.165) is 17.5 Å². The molecule has 0 heterocycles. The van der Waals surface area contributed by atoms with Crippen LogP contribution in [0.5, 0.6) is 5.75 Å². The van der Waals surface area contributed by atoms with Gasteiger partial charge in [-0.05, 0) is 29.8 Å². The topological polar surface area (TPSA) is 47.9 Å². The van der Waals surface area contributed by atoms with Crippen molar-refractivity contribution in [3.8, 4) is 5.75 Å². The van der Waals surface area contributed by atoms with Gasteiger partial charge in [0.25, 0.3) is 0 Å². The first kappa shape index (κ1) is 15.4. The summed E-state index contributed by atoms with van der Waals surface area (Å²) in [5.41, 5.74) is 1.06. The molecule has 0 unspecified atom stereocenters. The second kappa shape index (κ2) is 7.73. The van der Waals surface area contributed by atoms with E-state index in [2.05, 4.69) is 9.99 Å². The summed E-state index contributed by atoms with van der Waals surface area (Å²) in [5.74, 6) is -0.353. The maximum Gasteiger partial charge on any atom is 0.358 e. The SMILES string of the molecule is COc1ccc(/C=C/C(=O)O/N=C/c2ccccc2F)cc1. The van der Waals surface area contributed by atoms with E-state index in [4.69, 9.17) is 4.74 Å². The molecule has 0 aromatic heterocycles. The van der Waals surface area contributed by atoms with Crippen molar-refractivity contribution in [2.24, 2.45) is 5.16 Å². The van der Waals surface area contributed by atoms with Gasteiger partial charge in [-0.2, -0.15) is 0 Å². The number of carbonyl (C=O) groups is 1. The smallest absolute Gasteiger partial charge is 0.358 e. The highest BCUT2D eigenvalue weighted by atomic mass is 19.1. The molecule has 0 aliphatic carbocycles. The van der Waals surface area contributed by atoms with Crippen molar-refractivity contribution in [3.63, 3.8) is 0 Å². The van der Waals surface area contributed by atoms with Crippen LogP contribution in [0.3, 0.4) is 0 Å². The van der Waals surface area contributed by atoms with Crippen LogP contribution in [0.2, 0.25) is 0 Å². The van der Waals surface area contributed by atoms with Crippen molar-refractivity contribution in [2.75, 3.05) is 7.11 Å². The van der Waals surface area contributed by atoms with Gasteiger partial charge in [-0.25, -0.2) is 9.18 Å². The number of ether oxygens (including phenoxy) is 1. The Labute approximate surface area is 127 Å². The first-order chi connectivity index (χ1) is 10.7. The van der Waals surface area contributed by atoms with Gasteiger partial charge in [-0.1, -0.05) is 35.5 Å². The number of methoxy groups -OCH3 is 1. The van der Waals surface area contributed by atoms with Crippen LogP contribution in [0.15, 0.2) is 59.8 Å². The molecule has 5 heteroatoms. The monoisotopic (exact) mass is 299 g/mol. The highest BCUT2D eigenvalue weighted by molar-refractivity contribution is 5.88. The number of halogens is 1. The Hall–Kier alpha value is -2.95. The standard InChI is InChI=1S/C17H14FNO3/c1-21-15-9-6-13(7-10-15)8-11-17(20)22-19-12-14-4-2-3-5-16(14)18/h2-12H,1H3/b11-8+,19-12+. The summed E-state index contributed by atoms with van der Waals surface area (Å²) >= 11 is 0. The van der Waals surface area contributed by atoms with Gasteiger partial charge in [-0.3, -0.25) is 0 Å². The Bertz CT molecular complexity index is 693. The molecule has 2 rings (SSSR count). The van der Waals surface area contributed by atoms with Gasteiger partial charge in [-0.15, -0.1) is 0 Å². The first-order valence-electron chi connectivity index (χ1n) is 6.50. The molecule has 0 saturated heterocycles. The van der Waals surface area contributed by atoms with Gasteiger partial charge in [0.15, 0.2) is 0 Å². The lowest BCUT2D eigenvalue weighted by Gasteiger charge is -1.98. The molecule has 0 atom stereocenters. The molecule has 0 spiro atoms. The number of rotatable bonds is 5. The normalized spacial score (nSPS) is 11.0. The van der Waals surface area contributed by atoms with Crippen LogP contribution >= 0.6 is 0 Å². The lowest BCUT2D eigenvalue weighted by molar-refractivity contribution is -0.137. The average Bonchev–Trinajstić information content (AvgIpc) is 2.55. The molecular formula is C17H14FNO3. The van der Waals surface area contributed by atoms with E-state index in [-0.39, 0.29) is 5.56 Å². The highest BCUT2D eigenvalue weighted by Crippen LogP contribution is 2.12. The van der Waals surface area contributed by atoms with Crippen LogP contribution < -0.4 is 4.74 Å². The van der Waals surface area contributed by atoms with Gasteiger partial charge in [0, 0.05) is 11.6 Å². The second-order valence-corrected chi connectivity index (χ2v) is 4.27. The molecular weight excluding hydrogens is 285 g/mol. The molecule has 0 amide bonds. The molecule has 0 fully saturated rings. The van der Waals surface area contributed by atoms with E-state index >= 15 is 0 Å². The fourth-order valence-corrected chi connectivity index (χ4v) is 1.62. The van der Waals surface area contributed by atoms with Gasteiger partial charge in [0.05, 0.1) is 13.3 Å². The minimum atomic E-state index is -0.650. The Morgan fingerprint density at radius 2 is 1.86 bits per heavy atom. The second-order valence-electron chi connectivity index (χ2n) is 4.27. The number of hydrogen-bond acceptors (Lipinski definition) is 4. The van der Waals surface area contributed by atoms with Crippen molar-refractivity contribution in [1.82, 2.24) is 0 Å². The quantitative estimate of drug-likeness (QED) is 0.368. The Balaban J connectivity index is 1.89. The van der Waals surface area contributed by atoms with E-state index in [0.29, 0.717) is 0 Å². The van der Waals surface area contributed by atoms with Crippen molar-refractivity contribution >= 4 is 18.3 Å². The summed E-state index contributed by atoms with van der Waals surface area (Å²) in [5, 5.41) is 3.46. The molecule has 0 radical (unpaired) electrons. The van der Waals surface area contributed by atoms with E-state index < -0.39 is 11.8 Å². The van der Waals surface area contributed by atoms with E-state index in [1.54, 1.807) is 49.6 Å². The summed E-state index contributed by atoms with van der Waals surface area (Å²) in [6.45, 7) is 0. The van der Waals surface area contributed by atoms with Crippen LogP contribution in [-0.4, -0.2) is 19.3 Å². The fourth-order valence-electron chi connectivity index (χ4n) is 1.62. The predicted octanol–water partition coefficient (Wildman–Crippen LogP) is 3.42. The van der Waals surface area contributed by atoms with Crippen LogP contribution in [0, 0.1) is 5.82 Å². The van der Waals surface area contributed by atoms with Gasteiger partial charge in [0.1, 0.15) is 11.6 Å². The molecule has 2 aromatic rings. The lowest BCUT2D eigenvalue weighted by atomic mass is 10.2. The zero-order valence-electron chi connectivity index (χ0n) is 11.9. The molecule has 2 aromatic carbocycles. The molecule has 4 nitrogen and oxygen atoms in total. The zero-order chi connectivity index (χ0) is 15.8. The molecule has 0 bridgehead atoms. The van der Waals surface area contributed by atoms with Crippen LogP contribution in [-0.2, 0) is 9.63 Å². The number of benzene rings is 2. The summed E-state index contributed by atoms with van der Waals surface area (Å²) in [7, 11) is 1.58. The van der Waals surface area contributed by atoms with Crippen molar-refractivity contribution in [3.05, 3.63) is 71.6 Å². The van der Waals surface area contributed by atoms with Gasteiger partial charge >= 0.3 is 5.97 Å². The first-order valence-corrected chi connectivity index (χ1v) is 6.50. The highest BCUT2D eigenvalue weighted by Gasteiger charge is 1.98. The largest absolute Gasteiger partial charge is 0.497 e. The summed E-state index contributed by atoms with van der Waals surface area (Å²) in [4.78, 5) is 16.1. The van der Waals surface area contributed by atoms with Gasteiger partial charge in [0.2, 0.25) is 0 Å². The average molecular weight is 299 g/mol. The maximum absolute atomic E-state index is 13.3. The van der Waals surface area contributed by atoms with Crippen molar-refractivity contribution in [2.45, 2.75) is 0 Å². The Morgan fingerprint density at radius 1 is 1.14 bits per heavy atom. The zero-order valence-corrected chi connectivity index (χ0v) is 11.9. The molecule has 22 heavy (non-hydrogen) atoms. The van der Waals surface area contributed by atoms with E-state index in [1.807, 2.05) is 0 Å². The van der Waals surface area contributed by atoms with Crippen LogP contribution in [0.25, 0.3) is 6.08 Å². The summed E-state index contributed by atoms with van der Waals surface area (Å²) < 4.78 is 18.3. The summed E-state index contributed by atoms with van der Waals surface area (Å²) in [6.07, 6.45) is 3.97. The molecule has 0 saturated carbocycles. The van der Waals surface area contributed by atoms with E-state index in [9.17, 15) is 9.18 Å². The molecule has 112 valence electrons. The number of carbonyl (C=O) groups excluding carboxylic acids is 1. The third-order valence-corrected chi connectivity index (χ3v) is 2.77. The third kappa shape index (κ3) is 4.56. The molecule has 0 N–H and O–H groups in total. The fraction of sp³-hybridized carbons (Fsp3) is 0.0588. The predicted molar refractivity (Wildman–Crippen MR) is 82.1 cm³/mol. The third-order valence-electron chi connectivity index (χ3n) is 2.77. The minimum Gasteiger partial charge on any atom is -0.497 e. The van der Waals surface area contributed by atoms with Crippen molar-refractivity contribution < 1.29 is 18.8 Å². The van der Waals surface area contributed by atoms with Crippen LogP contribution in [0.1, 0.15) is 11.1 Å². The Morgan fingerprint density at radius 3 is 2.55 bits per heavy atom. The Kier molecular flexibility index (Phi) is 5.43. The summed E-state index contributed by atoms with van der Waals surface area (Å²) in [6, 6.07) is 13.2.